The number of hydrogen-bond acceptors (Lipinski definition) is 4. The molecule has 4 aromatic rings. The summed E-state index contributed by atoms with van der Waals surface area (Å²) in [7, 11) is 1.66. The Morgan fingerprint density at radius 2 is 1.81 bits per heavy atom. The number of nitrogens with one attached hydrogen (secondary N) is 1. The Bertz CT molecular complexity index is 1160. The van der Waals surface area contributed by atoms with Gasteiger partial charge in [0.15, 0.2) is 0 Å². The number of aromatic nitrogens is 4. The maximum Gasteiger partial charge on any atom is 0.299 e. The summed E-state index contributed by atoms with van der Waals surface area (Å²) in [5.41, 5.74) is 2.13. The van der Waals surface area contributed by atoms with Gasteiger partial charge in [0.05, 0.1) is 22.8 Å². The van der Waals surface area contributed by atoms with Crippen LogP contribution >= 0.6 is 0 Å². The highest BCUT2D eigenvalue weighted by molar-refractivity contribution is 6.46. The second kappa shape index (κ2) is 6.49. The van der Waals surface area contributed by atoms with Crippen molar-refractivity contribution in [1.82, 2.24) is 19.3 Å². The molecule has 0 aliphatic rings. The number of carbonyl (C=O) groups is 2. The van der Waals surface area contributed by atoms with Crippen LogP contribution in [0.15, 0.2) is 60.9 Å². The molecule has 0 atom stereocenters. The minimum atomic E-state index is -0.832. The second-order valence-electron chi connectivity index (χ2n) is 5.92. The van der Waals surface area contributed by atoms with E-state index < -0.39 is 11.7 Å². The molecule has 0 spiro atoms. The number of amides is 1. The van der Waals surface area contributed by atoms with Crippen LogP contribution in [0.3, 0.4) is 0 Å². The van der Waals surface area contributed by atoms with Crippen molar-refractivity contribution >= 4 is 28.7 Å². The normalized spacial score (nSPS) is 10.9. The summed E-state index contributed by atoms with van der Waals surface area (Å²) in [5, 5.41) is 6.45. The van der Waals surface area contributed by atoms with Crippen LogP contribution in [0.25, 0.3) is 16.7 Å². The summed E-state index contributed by atoms with van der Waals surface area (Å²) in [6.07, 6.45) is 2.79. The Balaban J connectivity index is 1.75. The quantitative estimate of drug-likeness (QED) is 0.446. The fraction of sp³-hybridized carbons (Fsp3) is 0.0526. The Labute approximate surface area is 153 Å². The topological polar surface area (TPSA) is 81.8 Å². The molecule has 27 heavy (non-hydrogen) atoms. The monoisotopic (exact) mass is 363 g/mol. The van der Waals surface area contributed by atoms with Crippen molar-refractivity contribution in [3.63, 3.8) is 0 Å². The van der Waals surface area contributed by atoms with Gasteiger partial charge in [-0.25, -0.2) is 9.37 Å². The fourth-order valence-electron chi connectivity index (χ4n) is 2.79. The number of imidazole rings is 1. The van der Waals surface area contributed by atoms with Crippen LogP contribution < -0.4 is 5.32 Å². The molecule has 1 N–H and O–H groups in total. The Hall–Kier alpha value is -3.81. The highest BCUT2D eigenvalue weighted by Gasteiger charge is 2.21. The van der Waals surface area contributed by atoms with Crippen molar-refractivity contribution in [1.29, 1.82) is 0 Å². The first kappa shape index (κ1) is 16.6. The van der Waals surface area contributed by atoms with Gasteiger partial charge in [-0.15, -0.1) is 0 Å². The summed E-state index contributed by atoms with van der Waals surface area (Å²) in [6, 6.07) is 13.0. The first-order chi connectivity index (χ1) is 13.0. The molecule has 0 fully saturated rings. The predicted octanol–water partition coefficient (Wildman–Crippen LogP) is 2.72. The number of aryl methyl sites for hydroxylation is 1. The molecule has 0 saturated heterocycles. The third-order valence-corrected chi connectivity index (χ3v) is 4.04. The van der Waals surface area contributed by atoms with Gasteiger partial charge in [-0.1, -0.05) is 12.1 Å². The van der Waals surface area contributed by atoms with E-state index in [9.17, 15) is 14.0 Å². The van der Waals surface area contributed by atoms with Crippen molar-refractivity contribution < 1.29 is 14.0 Å². The molecule has 2 aromatic carbocycles. The van der Waals surface area contributed by atoms with E-state index in [2.05, 4.69) is 15.4 Å². The van der Waals surface area contributed by atoms with E-state index in [1.165, 1.54) is 29.2 Å². The van der Waals surface area contributed by atoms with Crippen LogP contribution in [-0.2, 0) is 11.8 Å². The van der Waals surface area contributed by atoms with Gasteiger partial charge in [-0.05, 0) is 36.4 Å². The number of halogens is 1. The molecular weight excluding hydrogens is 349 g/mol. The largest absolute Gasteiger partial charge is 0.299 e. The Morgan fingerprint density at radius 1 is 1.07 bits per heavy atom. The fourth-order valence-corrected chi connectivity index (χ4v) is 2.79. The zero-order chi connectivity index (χ0) is 19.0. The zero-order valence-electron chi connectivity index (χ0n) is 14.3. The first-order valence-electron chi connectivity index (χ1n) is 8.10. The number of benzene rings is 2. The lowest BCUT2D eigenvalue weighted by atomic mass is 10.2. The summed E-state index contributed by atoms with van der Waals surface area (Å²) in [5.74, 6) is -1.76. The highest BCUT2D eigenvalue weighted by atomic mass is 19.1. The average Bonchev–Trinajstić information content (AvgIpc) is 3.25. The molecule has 0 bridgehead atoms. The lowest BCUT2D eigenvalue weighted by Gasteiger charge is -2.09. The van der Waals surface area contributed by atoms with Crippen LogP contribution in [-0.4, -0.2) is 31.0 Å². The molecule has 0 radical (unpaired) electrons. The van der Waals surface area contributed by atoms with Gasteiger partial charge in [-0.3, -0.25) is 24.2 Å². The van der Waals surface area contributed by atoms with Gasteiger partial charge in [0, 0.05) is 18.9 Å². The van der Waals surface area contributed by atoms with Gasteiger partial charge in [0.1, 0.15) is 5.82 Å². The minimum absolute atomic E-state index is 0.171. The van der Waals surface area contributed by atoms with Crippen molar-refractivity contribution in [3.05, 3.63) is 72.3 Å². The van der Waals surface area contributed by atoms with Crippen molar-refractivity contribution in [3.8, 4) is 5.69 Å². The lowest BCUT2D eigenvalue weighted by Crippen LogP contribution is -2.24. The number of fused-ring (bicyclic) bond motifs is 1. The molecule has 2 heterocycles. The number of nitrogens with zero attached hydrogens (tertiary/aromatic N) is 4. The molecule has 0 aliphatic carbocycles. The maximum atomic E-state index is 13.3. The number of anilines is 1. The van der Waals surface area contributed by atoms with Gasteiger partial charge in [0.25, 0.3) is 11.7 Å². The molecule has 0 saturated carbocycles. The average molecular weight is 363 g/mol. The minimum Gasteiger partial charge on any atom is -0.289 e. The molecule has 0 unspecified atom stereocenters. The van der Waals surface area contributed by atoms with Gasteiger partial charge in [0.2, 0.25) is 5.95 Å². The van der Waals surface area contributed by atoms with E-state index in [0.29, 0.717) is 16.7 Å². The van der Waals surface area contributed by atoms with Gasteiger partial charge in [-0.2, -0.15) is 5.10 Å². The first-order valence-corrected chi connectivity index (χ1v) is 8.10. The van der Waals surface area contributed by atoms with Crippen molar-refractivity contribution in [2.24, 2.45) is 7.05 Å². The molecule has 8 heteroatoms. The van der Waals surface area contributed by atoms with E-state index >= 15 is 0 Å². The smallest absolute Gasteiger partial charge is 0.289 e. The van der Waals surface area contributed by atoms with Crippen molar-refractivity contribution in [2.45, 2.75) is 0 Å². The molecule has 2 aromatic heterocycles. The van der Waals surface area contributed by atoms with E-state index in [4.69, 9.17) is 0 Å². The third kappa shape index (κ3) is 3.08. The molecule has 7 nitrogen and oxygen atoms in total. The number of carbonyl (C=O) groups excluding carboxylic acids is 2. The van der Waals surface area contributed by atoms with Crippen LogP contribution in [0.1, 0.15) is 10.4 Å². The second-order valence-corrected chi connectivity index (χ2v) is 5.92. The van der Waals surface area contributed by atoms with Crippen molar-refractivity contribution in [2.75, 3.05) is 5.32 Å². The van der Waals surface area contributed by atoms with Crippen LogP contribution in [0.5, 0.6) is 0 Å². The number of hydrogen-bond donors (Lipinski definition) is 1. The maximum absolute atomic E-state index is 13.3. The molecule has 1 amide bonds. The SMILES string of the molecule is Cn1cc(C(=O)C(=O)Nc2nc3ccccc3n2-c2ccc(F)cc2)cn1. The van der Waals surface area contributed by atoms with Gasteiger partial charge >= 0.3 is 0 Å². The van der Waals surface area contributed by atoms with Gasteiger partial charge < -0.3 is 0 Å². The number of rotatable bonds is 4. The van der Waals surface area contributed by atoms with E-state index in [1.807, 2.05) is 18.2 Å². The van der Waals surface area contributed by atoms with Crippen LogP contribution in [0.2, 0.25) is 0 Å². The lowest BCUT2D eigenvalue weighted by molar-refractivity contribution is -0.112. The standard InChI is InChI=1S/C19H14FN5O2/c1-24-11-12(10-21-24)17(26)18(27)23-19-22-15-4-2-3-5-16(15)25(19)14-8-6-13(20)7-9-14/h2-11H,1H3,(H,22,23,27). The molecule has 4 rings (SSSR count). The zero-order valence-corrected chi connectivity index (χ0v) is 14.3. The van der Waals surface area contributed by atoms with E-state index in [-0.39, 0.29) is 17.3 Å². The summed E-state index contributed by atoms with van der Waals surface area (Å²) in [6.45, 7) is 0. The van der Waals surface area contributed by atoms with E-state index in [1.54, 1.807) is 29.8 Å². The summed E-state index contributed by atoms with van der Waals surface area (Å²) >= 11 is 0. The Kier molecular flexibility index (Phi) is 4.00. The Morgan fingerprint density at radius 3 is 2.52 bits per heavy atom. The van der Waals surface area contributed by atoms with Crippen LogP contribution in [0.4, 0.5) is 10.3 Å². The highest BCUT2D eigenvalue weighted by Crippen LogP contribution is 2.25. The van der Waals surface area contributed by atoms with E-state index in [0.717, 1.165) is 0 Å². The molecule has 134 valence electrons. The number of Topliss-reactive ketones (excluding diaryl/α,β-unsaturated/α-hetero) is 1. The predicted molar refractivity (Wildman–Crippen MR) is 97.2 cm³/mol. The van der Waals surface area contributed by atoms with Crippen LogP contribution in [0, 0.1) is 5.82 Å². The molecule has 0 aliphatic heterocycles. The summed E-state index contributed by atoms with van der Waals surface area (Å²) < 4.78 is 16.4. The molecular formula is C19H14FN5O2. The number of para-hydroxylation sites is 2. The summed E-state index contributed by atoms with van der Waals surface area (Å²) in [4.78, 5) is 29.1. The third-order valence-electron chi connectivity index (χ3n) is 4.04. The number of ketones is 1.